The molecule has 0 fully saturated rings. The Morgan fingerprint density at radius 2 is 1.62 bits per heavy atom. The van der Waals surface area contributed by atoms with Crippen LogP contribution in [0.5, 0.6) is 0 Å². The predicted molar refractivity (Wildman–Crippen MR) is 55.2 cm³/mol. The first-order valence-corrected chi connectivity index (χ1v) is 6.36. The normalized spacial score (nSPS) is 18.8. The van der Waals surface area contributed by atoms with Crippen LogP contribution in [0, 0.1) is 6.92 Å². The van der Waals surface area contributed by atoms with Crippen LogP contribution >= 0.6 is 10.2 Å². The van der Waals surface area contributed by atoms with Crippen molar-refractivity contribution >= 4 is 10.2 Å². The Morgan fingerprint density at radius 3 is 2.00 bits per heavy atom. The van der Waals surface area contributed by atoms with Crippen molar-refractivity contribution in [3.05, 3.63) is 29.3 Å². The SMILES string of the molecule is Cc1ccc(C(C)N)c(S(F)(F)(F)(F)F)c1. The number of hydrogen-bond acceptors (Lipinski definition) is 1. The van der Waals surface area contributed by atoms with Gasteiger partial charge in [0.2, 0.25) is 0 Å². The van der Waals surface area contributed by atoms with E-state index in [1.807, 2.05) is 0 Å². The summed E-state index contributed by atoms with van der Waals surface area (Å²) < 4.78 is 63.5. The zero-order chi connectivity index (χ0) is 12.8. The summed E-state index contributed by atoms with van der Waals surface area (Å²) in [6.07, 6.45) is 0. The highest BCUT2D eigenvalue weighted by Gasteiger charge is 2.66. The van der Waals surface area contributed by atoms with E-state index < -0.39 is 26.7 Å². The van der Waals surface area contributed by atoms with Crippen LogP contribution in [0.3, 0.4) is 0 Å². The van der Waals surface area contributed by atoms with Gasteiger partial charge in [0.05, 0.1) is 0 Å². The molecule has 2 N–H and O–H groups in total. The minimum atomic E-state index is -9.66. The second-order valence-electron chi connectivity index (χ2n) is 3.80. The summed E-state index contributed by atoms with van der Waals surface area (Å²) in [6.45, 7) is 2.55. The van der Waals surface area contributed by atoms with Crippen LogP contribution in [0.15, 0.2) is 23.1 Å². The molecule has 0 saturated carbocycles. The van der Waals surface area contributed by atoms with E-state index in [4.69, 9.17) is 5.73 Å². The fraction of sp³-hybridized carbons (Fsp3) is 0.333. The molecule has 7 heteroatoms. The fourth-order valence-corrected chi connectivity index (χ4v) is 2.46. The molecule has 0 spiro atoms. The second kappa shape index (κ2) is 2.89. The molecule has 0 aliphatic heterocycles. The lowest BCUT2D eigenvalue weighted by atomic mass is 10.1. The van der Waals surface area contributed by atoms with Gasteiger partial charge in [0.1, 0.15) is 4.90 Å². The third-order valence-electron chi connectivity index (χ3n) is 2.08. The molecule has 0 aliphatic carbocycles. The van der Waals surface area contributed by atoms with Crippen molar-refractivity contribution in [3.8, 4) is 0 Å². The Labute approximate surface area is 90.2 Å². The first-order chi connectivity index (χ1) is 6.81. The summed E-state index contributed by atoms with van der Waals surface area (Å²) in [6, 6.07) is 1.67. The minimum absolute atomic E-state index is 0.118. The number of rotatable bonds is 2. The lowest BCUT2D eigenvalue weighted by Gasteiger charge is -2.42. The van der Waals surface area contributed by atoms with Crippen molar-refractivity contribution in [1.82, 2.24) is 0 Å². The molecule has 1 rings (SSSR count). The zero-order valence-electron chi connectivity index (χ0n) is 8.68. The molecule has 0 radical (unpaired) electrons. The minimum Gasteiger partial charge on any atom is -0.324 e. The van der Waals surface area contributed by atoms with Gasteiger partial charge in [-0.05, 0) is 31.0 Å². The molecular formula is C9H12F5NS. The molecule has 1 atom stereocenters. The molecule has 0 aliphatic rings. The predicted octanol–water partition coefficient (Wildman–Crippen LogP) is 4.67. The molecule has 1 nitrogen and oxygen atoms in total. The van der Waals surface area contributed by atoms with Crippen LogP contribution in [0.4, 0.5) is 19.4 Å². The molecule has 0 amide bonds. The highest BCUT2D eigenvalue weighted by molar-refractivity contribution is 8.45. The van der Waals surface area contributed by atoms with E-state index in [2.05, 4.69) is 0 Å². The van der Waals surface area contributed by atoms with E-state index in [9.17, 15) is 19.4 Å². The van der Waals surface area contributed by atoms with Crippen LogP contribution in [0.1, 0.15) is 24.1 Å². The smallest absolute Gasteiger partial charge is 0.310 e. The van der Waals surface area contributed by atoms with Gasteiger partial charge in [-0.15, -0.1) is 0 Å². The van der Waals surface area contributed by atoms with E-state index in [0.29, 0.717) is 6.07 Å². The van der Waals surface area contributed by atoms with Crippen LogP contribution in [-0.4, -0.2) is 0 Å². The molecule has 0 bridgehead atoms. The summed E-state index contributed by atoms with van der Waals surface area (Å²) in [5.41, 5.74) is 4.80. The number of benzene rings is 1. The fourth-order valence-electron chi connectivity index (χ4n) is 1.35. The summed E-state index contributed by atoms with van der Waals surface area (Å²) in [5, 5.41) is 0. The number of hydrogen-bond donors (Lipinski definition) is 1. The van der Waals surface area contributed by atoms with Crippen LogP contribution < -0.4 is 5.73 Å². The molecular weight excluding hydrogens is 249 g/mol. The maximum Gasteiger partial charge on any atom is 0.310 e. The van der Waals surface area contributed by atoms with Gasteiger partial charge in [-0.25, -0.2) is 0 Å². The van der Waals surface area contributed by atoms with Crippen molar-refractivity contribution in [1.29, 1.82) is 0 Å². The molecule has 94 valence electrons. The van der Waals surface area contributed by atoms with E-state index in [0.717, 1.165) is 6.07 Å². The van der Waals surface area contributed by atoms with Crippen LogP contribution in [0.25, 0.3) is 0 Å². The van der Waals surface area contributed by atoms with Gasteiger partial charge >= 0.3 is 10.2 Å². The maximum absolute atomic E-state index is 12.7. The van der Waals surface area contributed by atoms with Gasteiger partial charge in [0.15, 0.2) is 0 Å². The summed E-state index contributed by atoms with van der Waals surface area (Å²) in [4.78, 5) is -1.88. The lowest BCUT2D eigenvalue weighted by molar-refractivity contribution is 0.361. The van der Waals surface area contributed by atoms with E-state index in [1.54, 1.807) is 0 Å². The highest BCUT2D eigenvalue weighted by Crippen LogP contribution is 3.02. The summed E-state index contributed by atoms with van der Waals surface area (Å²) in [7, 11) is -9.66. The molecule has 16 heavy (non-hydrogen) atoms. The Morgan fingerprint density at radius 1 is 1.12 bits per heavy atom. The van der Waals surface area contributed by atoms with Crippen LogP contribution in [0.2, 0.25) is 0 Å². The summed E-state index contributed by atoms with van der Waals surface area (Å²) >= 11 is 0. The largest absolute Gasteiger partial charge is 0.324 e. The molecule has 0 aromatic heterocycles. The molecule has 1 aromatic carbocycles. The van der Waals surface area contributed by atoms with Gasteiger partial charge in [0, 0.05) is 6.04 Å². The third kappa shape index (κ3) is 2.85. The number of nitrogens with two attached hydrogens (primary N) is 1. The van der Waals surface area contributed by atoms with E-state index in [1.165, 1.54) is 19.9 Å². The van der Waals surface area contributed by atoms with Crippen molar-refractivity contribution in [2.75, 3.05) is 0 Å². The van der Waals surface area contributed by atoms with E-state index >= 15 is 0 Å². The topological polar surface area (TPSA) is 26.0 Å². The van der Waals surface area contributed by atoms with Crippen molar-refractivity contribution in [2.24, 2.45) is 5.73 Å². The van der Waals surface area contributed by atoms with E-state index in [-0.39, 0.29) is 5.56 Å². The average molecular weight is 261 g/mol. The number of aryl methyl sites for hydroxylation is 1. The Bertz CT molecular complexity index is 422. The first kappa shape index (κ1) is 13.2. The standard InChI is InChI=1S/C9H12F5NS/c1-6-3-4-8(7(2)15)9(5-6)16(10,11,12,13)14/h3-5,7H,15H2,1-2H3. The summed E-state index contributed by atoms with van der Waals surface area (Å²) in [5.74, 6) is 0. The Hall–Kier alpha value is -0.820. The Kier molecular flexibility index (Phi) is 2.39. The first-order valence-electron chi connectivity index (χ1n) is 4.41. The quantitative estimate of drug-likeness (QED) is 0.769. The average Bonchev–Trinajstić information content (AvgIpc) is 1.99. The van der Waals surface area contributed by atoms with Crippen molar-refractivity contribution < 1.29 is 19.4 Å². The third-order valence-corrected chi connectivity index (χ3v) is 3.26. The van der Waals surface area contributed by atoms with Gasteiger partial charge in [-0.2, -0.15) is 0 Å². The van der Waals surface area contributed by atoms with Crippen molar-refractivity contribution in [2.45, 2.75) is 24.8 Å². The van der Waals surface area contributed by atoms with Crippen LogP contribution in [-0.2, 0) is 0 Å². The van der Waals surface area contributed by atoms with Gasteiger partial charge < -0.3 is 5.73 Å². The maximum atomic E-state index is 12.7. The second-order valence-corrected chi connectivity index (χ2v) is 6.18. The number of halogens is 5. The molecule has 0 saturated heterocycles. The zero-order valence-corrected chi connectivity index (χ0v) is 9.50. The molecule has 1 unspecified atom stereocenters. The molecule has 0 heterocycles. The van der Waals surface area contributed by atoms with Gasteiger partial charge in [0.25, 0.3) is 0 Å². The monoisotopic (exact) mass is 261 g/mol. The highest BCUT2D eigenvalue weighted by atomic mass is 32.5. The lowest BCUT2D eigenvalue weighted by Crippen LogP contribution is -2.15. The Balaban J connectivity index is 3.63. The van der Waals surface area contributed by atoms with Crippen molar-refractivity contribution in [3.63, 3.8) is 0 Å². The van der Waals surface area contributed by atoms with Gasteiger partial charge in [-0.3, -0.25) is 0 Å². The molecule has 1 aromatic rings. The van der Waals surface area contributed by atoms with Gasteiger partial charge in [-0.1, -0.05) is 31.6 Å².